The monoisotopic (exact) mass is 230 g/mol. The summed E-state index contributed by atoms with van der Waals surface area (Å²) >= 11 is 0. The molecule has 0 bridgehead atoms. The molecule has 2 rings (SSSR count). The van der Waals surface area contributed by atoms with Crippen LogP contribution in [0.5, 0.6) is 0 Å². The summed E-state index contributed by atoms with van der Waals surface area (Å²) in [5.74, 6) is 0. The van der Waals surface area contributed by atoms with Gasteiger partial charge in [-0.05, 0) is 31.0 Å². The molecule has 4 heteroatoms. The van der Waals surface area contributed by atoms with E-state index in [4.69, 9.17) is 0 Å². The number of aryl methyl sites for hydroxylation is 1. The van der Waals surface area contributed by atoms with Gasteiger partial charge >= 0.3 is 0 Å². The van der Waals surface area contributed by atoms with Gasteiger partial charge in [0, 0.05) is 0 Å². The minimum Gasteiger partial charge on any atom is -0.305 e. The lowest BCUT2D eigenvalue weighted by Gasteiger charge is -2.18. The van der Waals surface area contributed by atoms with Gasteiger partial charge in [0.15, 0.2) is 0 Å². The molecule has 90 valence electrons. The molecule has 4 nitrogen and oxygen atoms in total. The Hall–Kier alpha value is -1.68. The second-order valence-corrected chi connectivity index (χ2v) is 4.14. The molecular formula is C13H18N4. The highest BCUT2D eigenvalue weighted by Gasteiger charge is 2.17. The molecule has 2 N–H and O–H groups in total. The average molecular weight is 230 g/mol. The molecular weight excluding hydrogens is 212 g/mol. The van der Waals surface area contributed by atoms with Gasteiger partial charge in [0.1, 0.15) is 5.69 Å². The number of hydrogen-bond donors (Lipinski definition) is 2. The number of rotatable bonds is 5. The topological polar surface area (TPSA) is 53.6 Å². The van der Waals surface area contributed by atoms with Crippen LogP contribution in [0.15, 0.2) is 30.5 Å². The zero-order chi connectivity index (χ0) is 12.1. The SMILES string of the molecule is CCCNC(c1cn[nH]n1)c1ccccc1C. The van der Waals surface area contributed by atoms with Gasteiger partial charge in [0.05, 0.1) is 12.2 Å². The minimum atomic E-state index is 0.120. The molecule has 0 aliphatic heterocycles. The standard InChI is InChI=1S/C13H18N4/c1-3-8-14-13(12-9-15-17-16-12)11-7-5-4-6-10(11)2/h4-7,9,13-14H,3,8H2,1-2H3,(H,15,16,17). The number of benzene rings is 1. The summed E-state index contributed by atoms with van der Waals surface area (Å²) in [6.45, 7) is 5.24. The van der Waals surface area contributed by atoms with Crippen LogP contribution in [0.3, 0.4) is 0 Å². The van der Waals surface area contributed by atoms with E-state index in [1.54, 1.807) is 6.20 Å². The summed E-state index contributed by atoms with van der Waals surface area (Å²) in [5, 5.41) is 14.3. The van der Waals surface area contributed by atoms with Crippen molar-refractivity contribution in [3.05, 3.63) is 47.3 Å². The first-order chi connectivity index (χ1) is 8.33. The fraction of sp³-hybridized carbons (Fsp3) is 0.385. The molecule has 1 heterocycles. The maximum Gasteiger partial charge on any atom is 0.104 e. The third-order valence-corrected chi connectivity index (χ3v) is 2.83. The van der Waals surface area contributed by atoms with E-state index in [1.165, 1.54) is 11.1 Å². The molecule has 17 heavy (non-hydrogen) atoms. The largest absolute Gasteiger partial charge is 0.305 e. The third-order valence-electron chi connectivity index (χ3n) is 2.83. The first kappa shape index (κ1) is 11.8. The minimum absolute atomic E-state index is 0.120. The fourth-order valence-corrected chi connectivity index (χ4v) is 1.92. The predicted octanol–water partition coefficient (Wildman–Crippen LogP) is 2.20. The van der Waals surface area contributed by atoms with Crippen molar-refractivity contribution in [1.29, 1.82) is 0 Å². The van der Waals surface area contributed by atoms with Gasteiger partial charge < -0.3 is 5.32 Å². The molecule has 0 amide bonds. The number of nitrogens with one attached hydrogen (secondary N) is 2. The summed E-state index contributed by atoms with van der Waals surface area (Å²) in [4.78, 5) is 0. The molecule has 1 aromatic heterocycles. The summed E-state index contributed by atoms with van der Waals surface area (Å²) < 4.78 is 0. The molecule has 2 aromatic rings. The highest BCUT2D eigenvalue weighted by Crippen LogP contribution is 2.22. The van der Waals surface area contributed by atoms with Gasteiger partial charge in [-0.3, -0.25) is 0 Å². The Bertz CT molecular complexity index is 450. The summed E-state index contributed by atoms with van der Waals surface area (Å²) in [7, 11) is 0. The Morgan fingerprint density at radius 3 is 2.82 bits per heavy atom. The molecule has 0 saturated carbocycles. The summed E-state index contributed by atoms with van der Waals surface area (Å²) in [6.07, 6.45) is 2.87. The Labute approximate surface area is 101 Å². The average Bonchev–Trinajstić information content (AvgIpc) is 2.85. The van der Waals surface area contributed by atoms with Crippen LogP contribution in [0.2, 0.25) is 0 Å². The summed E-state index contributed by atoms with van der Waals surface area (Å²) in [6, 6.07) is 8.49. The number of H-pyrrole nitrogens is 1. The fourth-order valence-electron chi connectivity index (χ4n) is 1.92. The van der Waals surface area contributed by atoms with E-state index >= 15 is 0 Å². The number of hydrogen-bond acceptors (Lipinski definition) is 3. The van der Waals surface area contributed by atoms with Crippen molar-refractivity contribution in [3.8, 4) is 0 Å². The molecule has 1 atom stereocenters. The van der Waals surface area contributed by atoms with Crippen LogP contribution in [-0.4, -0.2) is 22.0 Å². The first-order valence-electron chi connectivity index (χ1n) is 5.97. The van der Waals surface area contributed by atoms with Crippen LogP contribution in [0.25, 0.3) is 0 Å². The van der Waals surface area contributed by atoms with Gasteiger partial charge in [-0.2, -0.15) is 15.4 Å². The van der Waals surface area contributed by atoms with Crippen molar-refractivity contribution < 1.29 is 0 Å². The predicted molar refractivity (Wildman–Crippen MR) is 67.7 cm³/mol. The van der Waals surface area contributed by atoms with E-state index in [0.29, 0.717) is 0 Å². The highest BCUT2D eigenvalue weighted by molar-refractivity contribution is 5.33. The van der Waals surface area contributed by atoms with Crippen molar-refractivity contribution in [2.75, 3.05) is 6.54 Å². The van der Waals surface area contributed by atoms with Gasteiger partial charge in [-0.1, -0.05) is 31.2 Å². The number of nitrogens with zero attached hydrogens (tertiary/aromatic N) is 2. The van der Waals surface area contributed by atoms with Crippen LogP contribution in [0, 0.1) is 6.92 Å². The molecule has 0 aliphatic rings. The van der Waals surface area contributed by atoms with Gasteiger partial charge in [-0.15, -0.1) is 0 Å². The van der Waals surface area contributed by atoms with E-state index in [-0.39, 0.29) is 6.04 Å². The second-order valence-electron chi connectivity index (χ2n) is 4.14. The maximum absolute atomic E-state index is 4.19. The van der Waals surface area contributed by atoms with Crippen LogP contribution < -0.4 is 5.32 Å². The smallest absolute Gasteiger partial charge is 0.104 e. The first-order valence-corrected chi connectivity index (χ1v) is 5.97. The zero-order valence-electron chi connectivity index (χ0n) is 10.3. The summed E-state index contributed by atoms with van der Waals surface area (Å²) in [5.41, 5.74) is 3.46. The number of aromatic nitrogens is 3. The third kappa shape index (κ3) is 2.71. The van der Waals surface area contributed by atoms with E-state index in [1.807, 2.05) is 0 Å². The molecule has 1 aromatic carbocycles. The molecule has 0 fully saturated rings. The van der Waals surface area contributed by atoms with E-state index in [2.05, 4.69) is 58.8 Å². The Kier molecular flexibility index (Phi) is 3.88. The van der Waals surface area contributed by atoms with Gasteiger partial charge in [0.2, 0.25) is 0 Å². The molecule has 0 aliphatic carbocycles. The lowest BCUT2D eigenvalue weighted by atomic mass is 9.99. The normalized spacial score (nSPS) is 12.6. The number of aromatic amines is 1. The Morgan fingerprint density at radius 1 is 1.35 bits per heavy atom. The lowest BCUT2D eigenvalue weighted by Crippen LogP contribution is -2.24. The lowest BCUT2D eigenvalue weighted by molar-refractivity contribution is 0.583. The van der Waals surface area contributed by atoms with Gasteiger partial charge in [0.25, 0.3) is 0 Å². The molecule has 0 saturated heterocycles. The van der Waals surface area contributed by atoms with E-state index in [9.17, 15) is 0 Å². The Morgan fingerprint density at radius 2 is 2.18 bits per heavy atom. The molecule has 0 radical (unpaired) electrons. The highest BCUT2D eigenvalue weighted by atomic mass is 15.3. The van der Waals surface area contributed by atoms with Crippen LogP contribution in [0.1, 0.15) is 36.2 Å². The maximum atomic E-state index is 4.19. The molecule has 1 unspecified atom stereocenters. The van der Waals surface area contributed by atoms with Crippen molar-refractivity contribution >= 4 is 0 Å². The van der Waals surface area contributed by atoms with Crippen LogP contribution in [0.4, 0.5) is 0 Å². The van der Waals surface area contributed by atoms with Crippen molar-refractivity contribution in [2.24, 2.45) is 0 Å². The quantitative estimate of drug-likeness (QED) is 0.828. The van der Waals surface area contributed by atoms with E-state index < -0.39 is 0 Å². The van der Waals surface area contributed by atoms with Gasteiger partial charge in [-0.25, -0.2) is 0 Å². The second kappa shape index (κ2) is 5.59. The van der Waals surface area contributed by atoms with Crippen molar-refractivity contribution in [2.45, 2.75) is 26.3 Å². The van der Waals surface area contributed by atoms with Crippen LogP contribution >= 0.6 is 0 Å². The van der Waals surface area contributed by atoms with Crippen molar-refractivity contribution in [3.63, 3.8) is 0 Å². The van der Waals surface area contributed by atoms with E-state index in [0.717, 1.165) is 18.7 Å². The van der Waals surface area contributed by atoms with Crippen molar-refractivity contribution in [1.82, 2.24) is 20.7 Å². The zero-order valence-corrected chi connectivity index (χ0v) is 10.3. The van der Waals surface area contributed by atoms with Crippen LogP contribution in [-0.2, 0) is 0 Å². The molecule has 0 spiro atoms. The Balaban J connectivity index is 2.30.